The second kappa shape index (κ2) is 40.6. The third kappa shape index (κ3) is 40.4. The number of allylic oxidation sites excluding steroid dienone is 4. The van der Waals surface area contributed by atoms with Crippen LogP contribution < -0.4 is 0 Å². The summed E-state index contributed by atoms with van der Waals surface area (Å²) in [6.45, 7) is 2.32. The van der Waals surface area contributed by atoms with Crippen molar-refractivity contribution in [3.8, 4) is 0 Å². The topological polar surface area (TPSA) is 149 Å². The molecule has 0 aromatic heterocycles. The highest BCUT2D eigenvalue weighted by atomic mass is 31.2. The zero-order chi connectivity index (χ0) is 40.5. The van der Waals surface area contributed by atoms with Crippen LogP contribution >= 0.6 is 7.82 Å². The average Bonchev–Trinajstić information content (AvgIpc) is 3.17. The maximum atomic E-state index is 12.6. The normalized spacial score (nSPS) is 14.1. The quantitative estimate of drug-likeness (QED) is 0.0236. The fourth-order valence-corrected chi connectivity index (χ4v) is 6.94. The highest BCUT2D eigenvalue weighted by molar-refractivity contribution is 7.47. The Kier molecular flexibility index (Phi) is 39.5. The Hall–Kier alpha value is -1.55. The lowest BCUT2D eigenvalue weighted by Crippen LogP contribution is -2.29. The molecule has 0 aliphatic rings. The summed E-state index contributed by atoms with van der Waals surface area (Å²) in [4.78, 5) is 35.0. The second-order valence-corrected chi connectivity index (χ2v) is 16.5. The average molecular weight is 803 g/mol. The summed E-state index contributed by atoms with van der Waals surface area (Å²) < 4.78 is 32.7. The van der Waals surface area contributed by atoms with E-state index in [2.05, 4.69) is 42.7 Å². The lowest BCUT2D eigenvalue weighted by Gasteiger charge is -2.20. The Morgan fingerprint density at radius 3 is 1.47 bits per heavy atom. The van der Waals surface area contributed by atoms with Gasteiger partial charge >= 0.3 is 19.8 Å². The van der Waals surface area contributed by atoms with Gasteiger partial charge in [0.15, 0.2) is 6.10 Å². The monoisotopic (exact) mass is 803 g/mol. The van der Waals surface area contributed by atoms with E-state index >= 15 is 0 Å². The zero-order valence-corrected chi connectivity index (χ0v) is 36.0. The number of phosphoric acid groups is 1. The van der Waals surface area contributed by atoms with Gasteiger partial charge in [0.2, 0.25) is 0 Å². The Balaban J connectivity index is 4.22. The predicted octanol–water partition coefficient (Wildman–Crippen LogP) is 11.8. The molecule has 11 heteroatoms. The van der Waals surface area contributed by atoms with Crippen molar-refractivity contribution in [2.45, 2.75) is 219 Å². The summed E-state index contributed by atoms with van der Waals surface area (Å²) in [5.41, 5.74) is 0. The number of ether oxygens (including phenoxy) is 2. The van der Waals surface area contributed by atoms with Gasteiger partial charge in [-0.3, -0.25) is 18.6 Å². The molecule has 3 unspecified atom stereocenters. The molecular weight excluding hydrogens is 719 g/mol. The van der Waals surface area contributed by atoms with Gasteiger partial charge in [-0.15, -0.1) is 0 Å². The molecule has 0 bridgehead atoms. The number of hydrogen-bond donors (Lipinski definition) is 3. The molecule has 10 nitrogen and oxygen atoms in total. The van der Waals surface area contributed by atoms with E-state index in [4.69, 9.17) is 19.1 Å². The van der Waals surface area contributed by atoms with Crippen LogP contribution in [0.5, 0.6) is 0 Å². The molecule has 0 heterocycles. The molecule has 324 valence electrons. The van der Waals surface area contributed by atoms with Crippen LogP contribution in [0.3, 0.4) is 0 Å². The first-order valence-electron chi connectivity index (χ1n) is 22.3. The van der Waals surface area contributed by atoms with Crippen molar-refractivity contribution in [1.82, 2.24) is 0 Å². The molecule has 0 aromatic rings. The first kappa shape index (κ1) is 53.5. The lowest BCUT2D eigenvalue weighted by molar-refractivity contribution is -0.161. The van der Waals surface area contributed by atoms with Crippen molar-refractivity contribution in [1.29, 1.82) is 0 Å². The molecule has 0 saturated carbocycles. The fraction of sp³-hybridized carbons (Fsp3) is 0.864. The molecule has 3 atom stereocenters. The van der Waals surface area contributed by atoms with E-state index in [1.807, 2.05) is 0 Å². The van der Waals surface area contributed by atoms with Crippen LogP contribution in [0.1, 0.15) is 206 Å². The van der Waals surface area contributed by atoms with E-state index in [-0.39, 0.29) is 19.4 Å². The van der Waals surface area contributed by atoms with Gasteiger partial charge in [-0.1, -0.05) is 179 Å². The SMILES string of the molecule is CCC/C=C\C/C=C\CCCCCCCC(=O)OC(COC(=O)CCCCCCCCCCCCCCCCCCCCC)COP(=O)(O)OCC(O)CO. The van der Waals surface area contributed by atoms with Crippen molar-refractivity contribution in [2.75, 3.05) is 26.4 Å². The van der Waals surface area contributed by atoms with E-state index in [0.717, 1.165) is 64.2 Å². The largest absolute Gasteiger partial charge is 0.472 e. The fourth-order valence-electron chi connectivity index (χ4n) is 6.15. The van der Waals surface area contributed by atoms with Gasteiger partial charge in [-0.25, -0.2) is 4.57 Å². The van der Waals surface area contributed by atoms with Crippen molar-refractivity contribution >= 4 is 19.8 Å². The summed E-state index contributed by atoms with van der Waals surface area (Å²) in [5.74, 6) is -0.933. The first-order valence-corrected chi connectivity index (χ1v) is 23.8. The smallest absolute Gasteiger partial charge is 0.462 e. The van der Waals surface area contributed by atoms with Crippen LogP contribution in [0.25, 0.3) is 0 Å². The number of aliphatic hydroxyl groups is 2. The van der Waals surface area contributed by atoms with Crippen molar-refractivity contribution < 1.29 is 47.8 Å². The van der Waals surface area contributed by atoms with Crippen LogP contribution in [0.15, 0.2) is 24.3 Å². The lowest BCUT2D eigenvalue weighted by atomic mass is 10.0. The standard InChI is InChI=1S/C44H83O10P/c1-3-5-7-9-11-13-15-17-18-19-20-21-22-24-25-27-29-31-33-35-43(47)51-39-42(40-53-55(49,50)52-38-41(46)37-45)54-44(48)36-34-32-30-28-26-23-16-14-12-10-8-6-4-2/h8,10,14,16,41-42,45-46H,3-7,9,11-13,15,17-40H2,1-2H3,(H,49,50)/b10-8-,16-14-. The summed E-state index contributed by atoms with van der Waals surface area (Å²) >= 11 is 0. The van der Waals surface area contributed by atoms with Gasteiger partial charge in [0, 0.05) is 12.8 Å². The highest BCUT2D eigenvalue weighted by Gasteiger charge is 2.27. The number of carbonyl (C=O) groups excluding carboxylic acids is 2. The number of aliphatic hydroxyl groups excluding tert-OH is 2. The molecule has 0 aliphatic heterocycles. The summed E-state index contributed by atoms with van der Waals surface area (Å²) in [6.07, 6.45) is 40.0. The molecule has 0 rings (SSSR count). The van der Waals surface area contributed by atoms with Crippen LogP contribution in [0.2, 0.25) is 0 Å². The Morgan fingerprint density at radius 2 is 0.982 bits per heavy atom. The van der Waals surface area contributed by atoms with Gasteiger partial charge in [0.05, 0.1) is 19.8 Å². The summed E-state index contributed by atoms with van der Waals surface area (Å²) in [6, 6.07) is 0. The van der Waals surface area contributed by atoms with Crippen LogP contribution in [0, 0.1) is 0 Å². The molecule has 0 spiro atoms. The molecule has 0 aliphatic carbocycles. The number of hydrogen-bond acceptors (Lipinski definition) is 9. The highest BCUT2D eigenvalue weighted by Crippen LogP contribution is 2.43. The number of rotatable bonds is 42. The van der Waals surface area contributed by atoms with Gasteiger partial charge in [-0.05, 0) is 38.5 Å². The molecular formula is C44H83O10P. The maximum Gasteiger partial charge on any atom is 0.472 e. The van der Waals surface area contributed by atoms with E-state index in [9.17, 15) is 24.2 Å². The molecule has 55 heavy (non-hydrogen) atoms. The summed E-state index contributed by atoms with van der Waals surface area (Å²) in [5, 5.41) is 18.3. The van der Waals surface area contributed by atoms with Crippen LogP contribution in [0.4, 0.5) is 0 Å². The minimum absolute atomic E-state index is 0.170. The Bertz CT molecular complexity index is 972. The third-order valence-electron chi connectivity index (χ3n) is 9.59. The Morgan fingerprint density at radius 1 is 0.545 bits per heavy atom. The van der Waals surface area contributed by atoms with Crippen LogP contribution in [-0.2, 0) is 32.7 Å². The van der Waals surface area contributed by atoms with Crippen LogP contribution in [-0.4, -0.2) is 65.7 Å². The summed E-state index contributed by atoms with van der Waals surface area (Å²) in [7, 11) is -4.62. The maximum absolute atomic E-state index is 12.6. The third-order valence-corrected chi connectivity index (χ3v) is 10.5. The zero-order valence-electron chi connectivity index (χ0n) is 35.2. The van der Waals surface area contributed by atoms with Crippen molar-refractivity contribution in [3.63, 3.8) is 0 Å². The van der Waals surface area contributed by atoms with Gasteiger partial charge in [0.1, 0.15) is 12.7 Å². The van der Waals surface area contributed by atoms with E-state index in [1.54, 1.807) is 0 Å². The van der Waals surface area contributed by atoms with E-state index < -0.39 is 51.8 Å². The molecule has 0 saturated heterocycles. The predicted molar refractivity (Wildman–Crippen MR) is 224 cm³/mol. The minimum Gasteiger partial charge on any atom is -0.462 e. The number of esters is 2. The van der Waals surface area contributed by atoms with Crippen molar-refractivity contribution in [3.05, 3.63) is 24.3 Å². The number of phosphoric ester groups is 1. The van der Waals surface area contributed by atoms with Crippen molar-refractivity contribution in [2.24, 2.45) is 0 Å². The van der Waals surface area contributed by atoms with E-state index in [0.29, 0.717) is 12.8 Å². The molecule has 0 amide bonds. The minimum atomic E-state index is -4.62. The molecule has 0 fully saturated rings. The number of carbonyl (C=O) groups is 2. The first-order chi connectivity index (χ1) is 26.7. The molecule has 0 radical (unpaired) electrons. The number of unbranched alkanes of at least 4 members (excludes halogenated alkanes) is 24. The second-order valence-electron chi connectivity index (χ2n) is 15.1. The van der Waals surface area contributed by atoms with Gasteiger partial charge in [-0.2, -0.15) is 0 Å². The Labute approximate surface area is 336 Å². The molecule has 0 aromatic carbocycles. The van der Waals surface area contributed by atoms with Gasteiger partial charge in [0.25, 0.3) is 0 Å². The molecule has 3 N–H and O–H groups in total. The van der Waals surface area contributed by atoms with Gasteiger partial charge < -0.3 is 24.6 Å². The van der Waals surface area contributed by atoms with E-state index in [1.165, 1.54) is 103 Å².